The number of aromatic hydroxyl groups is 1. The van der Waals surface area contributed by atoms with Crippen LogP contribution in [-0.2, 0) is 31.9 Å². The number of amides is 2. The fourth-order valence-electron chi connectivity index (χ4n) is 3.31. The number of hydrogen-bond acceptors (Lipinski definition) is 7. The molecule has 2 amide bonds. The lowest BCUT2D eigenvalue weighted by atomic mass is 9.85. The first-order chi connectivity index (χ1) is 15.0. The van der Waals surface area contributed by atoms with Crippen molar-refractivity contribution in [2.45, 2.75) is 57.5 Å². The van der Waals surface area contributed by atoms with Gasteiger partial charge in [-0.2, -0.15) is 13.2 Å². The van der Waals surface area contributed by atoms with Gasteiger partial charge in [0.05, 0.1) is 19.3 Å². The van der Waals surface area contributed by atoms with Crippen molar-refractivity contribution in [1.29, 1.82) is 0 Å². The Labute approximate surface area is 186 Å². The number of aliphatic hydroxyl groups is 1. The number of nitrogens with one attached hydrogen (secondary N) is 1. The summed E-state index contributed by atoms with van der Waals surface area (Å²) in [5.41, 5.74) is -2.23. The van der Waals surface area contributed by atoms with Crippen LogP contribution in [-0.4, -0.2) is 65.8 Å². The van der Waals surface area contributed by atoms with Gasteiger partial charge in [-0.1, -0.05) is 0 Å². The zero-order valence-electron chi connectivity index (χ0n) is 18.2. The lowest BCUT2D eigenvalue weighted by Gasteiger charge is -2.33. The predicted octanol–water partition coefficient (Wildman–Crippen LogP) is 1.95. The Morgan fingerprint density at radius 1 is 1.21 bits per heavy atom. The third-order valence-electron chi connectivity index (χ3n) is 4.71. The summed E-state index contributed by atoms with van der Waals surface area (Å²) in [5, 5.41) is 22.9. The number of methoxy groups -OCH3 is 1. The smallest absolute Gasteiger partial charge is 0.471 e. The number of carbonyl (C=O) groups excluding carboxylic acids is 3. The first-order valence-electron chi connectivity index (χ1n) is 9.71. The number of phenolic OH excluding ortho intramolecular Hbond substituents is 1. The molecule has 3 N–H and O–H groups in total. The molecule has 1 aromatic carbocycles. The monoisotopic (exact) mass is 480 g/mol. The van der Waals surface area contributed by atoms with Gasteiger partial charge in [0, 0.05) is 6.42 Å². The maximum absolute atomic E-state index is 15.4. The topological polar surface area (TPSA) is 125 Å². The van der Waals surface area contributed by atoms with Crippen LogP contribution in [0.1, 0.15) is 31.9 Å². The molecule has 1 aliphatic carbocycles. The second kappa shape index (κ2) is 9.41. The average molecular weight is 480 g/mol. The van der Waals surface area contributed by atoms with E-state index in [1.54, 1.807) is 20.8 Å². The average Bonchev–Trinajstić information content (AvgIpc) is 2.65. The number of esters is 1. The first kappa shape index (κ1) is 26.2. The van der Waals surface area contributed by atoms with E-state index < -0.39 is 65.7 Å². The third kappa shape index (κ3) is 6.24. The van der Waals surface area contributed by atoms with Gasteiger partial charge in [0.2, 0.25) is 0 Å². The van der Waals surface area contributed by atoms with E-state index in [0.29, 0.717) is 0 Å². The third-order valence-corrected chi connectivity index (χ3v) is 4.71. The highest BCUT2D eigenvalue weighted by molar-refractivity contribution is 6.02. The van der Waals surface area contributed by atoms with Crippen molar-refractivity contribution in [2.24, 2.45) is 0 Å². The zero-order chi connectivity index (χ0) is 25.3. The number of hydrogen-bond donors (Lipinski definition) is 3. The van der Waals surface area contributed by atoms with Crippen LogP contribution in [0.15, 0.2) is 6.07 Å². The standard InChI is InChI=1S/C20H24F4N2O7/c1-19(2,3)33-18(31)25-11-7-10-9(5-12(11)27)6-13(28)16(15(10)21)26(8-14(29)32-4)17(30)20(22,23)24/h6,11-12,27-28H,5,7-8H2,1-4H3,(H,25,31)/t11-,12+/m0/s1. The van der Waals surface area contributed by atoms with E-state index in [2.05, 4.69) is 10.1 Å². The number of halogens is 4. The van der Waals surface area contributed by atoms with Crippen LogP contribution in [0.4, 0.5) is 28.0 Å². The maximum atomic E-state index is 15.4. The molecule has 0 aromatic heterocycles. The van der Waals surface area contributed by atoms with Crippen LogP contribution in [0.3, 0.4) is 0 Å². The second-order valence-electron chi connectivity index (χ2n) is 8.39. The lowest BCUT2D eigenvalue weighted by molar-refractivity contribution is -0.171. The Balaban J connectivity index is 2.47. The largest absolute Gasteiger partial charge is 0.506 e. The predicted molar refractivity (Wildman–Crippen MR) is 105 cm³/mol. The van der Waals surface area contributed by atoms with E-state index in [1.807, 2.05) is 0 Å². The number of carbonyl (C=O) groups is 3. The number of benzene rings is 1. The number of anilines is 1. The molecule has 0 heterocycles. The quantitative estimate of drug-likeness (QED) is 0.444. The fraction of sp³-hybridized carbons (Fsp3) is 0.550. The summed E-state index contributed by atoms with van der Waals surface area (Å²) < 4.78 is 64.0. The minimum atomic E-state index is -5.49. The van der Waals surface area contributed by atoms with Crippen molar-refractivity contribution in [2.75, 3.05) is 18.6 Å². The molecular formula is C20H24F4N2O7. The molecule has 9 nitrogen and oxygen atoms in total. The van der Waals surface area contributed by atoms with Crippen molar-refractivity contribution in [3.05, 3.63) is 23.0 Å². The summed E-state index contributed by atoms with van der Waals surface area (Å²) in [5.74, 6) is -6.33. The molecule has 0 fully saturated rings. The fourth-order valence-corrected chi connectivity index (χ4v) is 3.31. The van der Waals surface area contributed by atoms with Gasteiger partial charge < -0.3 is 25.0 Å². The molecule has 33 heavy (non-hydrogen) atoms. The molecule has 13 heteroatoms. The van der Waals surface area contributed by atoms with E-state index in [4.69, 9.17) is 4.74 Å². The van der Waals surface area contributed by atoms with Crippen molar-refractivity contribution in [3.63, 3.8) is 0 Å². The molecular weight excluding hydrogens is 456 g/mol. The highest BCUT2D eigenvalue weighted by Gasteiger charge is 2.46. The molecule has 1 aromatic rings. The molecule has 2 rings (SSSR count). The van der Waals surface area contributed by atoms with Crippen LogP contribution in [0, 0.1) is 5.82 Å². The molecule has 184 valence electrons. The Morgan fingerprint density at radius 3 is 2.33 bits per heavy atom. The molecule has 0 saturated heterocycles. The molecule has 0 radical (unpaired) electrons. The summed E-state index contributed by atoms with van der Waals surface area (Å²) >= 11 is 0. The van der Waals surface area contributed by atoms with Gasteiger partial charge in [-0.3, -0.25) is 14.5 Å². The van der Waals surface area contributed by atoms with Gasteiger partial charge >= 0.3 is 24.1 Å². The van der Waals surface area contributed by atoms with Crippen molar-refractivity contribution in [1.82, 2.24) is 5.32 Å². The SMILES string of the molecule is COC(=O)CN(C(=O)C(F)(F)F)c1c(O)cc2c(c1F)C[C@H](NC(=O)OC(C)(C)C)[C@H](O)C2. The number of ether oxygens (including phenoxy) is 2. The normalized spacial score (nSPS) is 18.2. The summed E-state index contributed by atoms with van der Waals surface area (Å²) in [6, 6.07) is -0.180. The number of rotatable bonds is 4. The number of alkyl carbamates (subject to hydrolysis) is 1. The van der Waals surface area contributed by atoms with Crippen LogP contribution >= 0.6 is 0 Å². The van der Waals surface area contributed by atoms with Crippen molar-refractivity contribution < 1.29 is 51.6 Å². The second-order valence-corrected chi connectivity index (χ2v) is 8.39. The summed E-state index contributed by atoms with van der Waals surface area (Å²) in [7, 11) is 0.857. The molecule has 0 spiro atoms. The van der Waals surface area contributed by atoms with Gasteiger partial charge in [-0.05, 0) is 44.4 Å². The Morgan fingerprint density at radius 2 is 1.82 bits per heavy atom. The van der Waals surface area contributed by atoms with E-state index in [1.165, 1.54) is 0 Å². The van der Waals surface area contributed by atoms with Gasteiger partial charge in [-0.25, -0.2) is 9.18 Å². The number of phenols is 1. The zero-order valence-corrected chi connectivity index (χ0v) is 18.2. The summed E-state index contributed by atoms with van der Waals surface area (Å²) in [6.45, 7) is 3.48. The van der Waals surface area contributed by atoms with Crippen molar-refractivity contribution in [3.8, 4) is 5.75 Å². The molecule has 1 aliphatic rings. The molecule has 0 bridgehead atoms. The molecule has 0 saturated carbocycles. The minimum Gasteiger partial charge on any atom is -0.506 e. The minimum absolute atomic E-state index is 0.0564. The van der Waals surface area contributed by atoms with Gasteiger partial charge in [-0.15, -0.1) is 0 Å². The van der Waals surface area contributed by atoms with Crippen molar-refractivity contribution >= 4 is 23.7 Å². The van der Waals surface area contributed by atoms with Crippen LogP contribution in [0.2, 0.25) is 0 Å². The summed E-state index contributed by atoms with van der Waals surface area (Å²) in [4.78, 5) is 35.3. The van der Waals surface area contributed by atoms with Gasteiger partial charge in [0.15, 0.2) is 5.82 Å². The van der Waals surface area contributed by atoms with Gasteiger partial charge in [0.25, 0.3) is 0 Å². The summed E-state index contributed by atoms with van der Waals surface area (Å²) in [6.07, 6.45) is -8.27. The number of fused-ring (bicyclic) bond motifs is 1. The Bertz CT molecular complexity index is 944. The van der Waals surface area contributed by atoms with Crippen LogP contribution < -0.4 is 10.2 Å². The molecule has 2 atom stereocenters. The van der Waals surface area contributed by atoms with Gasteiger partial charge in [0.1, 0.15) is 23.6 Å². The van der Waals surface area contributed by atoms with E-state index in [9.17, 15) is 37.8 Å². The highest BCUT2D eigenvalue weighted by Crippen LogP contribution is 2.39. The van der Waals surface area contributed by atoms with E-state index >= 15 is 4.39 Å². The maximum Gasteiger partial charge on any atom is 0.471 e. The first-order valence-corrected chi connectivity index (χ1v) is 9.71. The van der Waals surface area contributed by atoms with Crippen LogP contribution in [0.25, 0.3) is 0 Å². The van der Waals surface area contributed by atoms with E-state index in [-0.39, 0.29) is 28.9 Å². The molecule has 0 aliphatic heterocycles. The number of aliphatic hydroxyl groups excluding tert-OH is 1. The Hall–Kier alpha value is -3.09. The number of alkyl halides is 3. The van der Waals surface area contributed by atoms with E-state index in [0.717, 1.165) is 13.2 Å². The Kier molecular flexibility index (Phi) is 7.46. The highest BCUT2D eigenvalue weighted by atomic mass is 19.4. The lowest BCUT2D eigenvalue weighted by Crippen LogP contribution is -2.50. The number of nitrogens with zero attached hydrogens (tertiary/aromatic N) is 1. The van der Waals surface area contributed by atoms with Crippen LogP contribution in [0.5, 0.6) is 5.75 Å². The molecule has 0 unspecified atom stereocenters.